The fourth-order valence-electron chi connectivity index (χ4n) is 1.70. The molecular formula is C14H29NO6. The van der Waals surface area contributed by atoms with Gasteiger partial charge in [0.1, 0.15) is 5.54 Å². The van der Waals surface area contributed by atoms with E-state index in [2.05, 4.69) is 5.32 Å². The molecule has 0 amide bonds. The van der Waals surface area contributed by atoms with Crippen molar-refractivity contribution >= 4 is 5.97 Å². The van der Waals surface area contributed by atoms with Gasteiger partial charge in [-0.3, -0.25) is 4.79 Å². The van der Waals surface area contributed by atoms with Crippen LogP contribution >= 0.6 is 0 Å². The van der Waals surface area contributed by atoms with E-state index in [0.717, 1.165) is 0 Å². The van der Waals surface area contributed by atoms with E-state index in [1.807, 2.05) is 6.92 Å². The first-order valence-corrected chi connectivity index (χ1v) is 7.14. The number of hydrogen-bond acceptors (Lipinski definition) is 6. The summed E-state index contributed by atoms with van der Waals surface area (Å²) >= 11 is 0. The van der Waals surface area contributed by atoms with Gasteiger partial charge in [-0.1, -0.05) is 0 Å². The van der Waals surface area contributed by atoms with Gasteiger partial charge in [0.05, 0.1) is 45.7 Å². The molecule has 7 heteroatoms. The summed E-state index contributed by atoms with van der Waals surface area (Å²) in [6, 6.07) is 0. The number of ether oxygens (including phenoxy) is 4. The largest absolute Gasteiger partial charge is 0.480 e. The number of carbonyl (C=O) groups is 1. The fourth-order valence-corrected chi connectivity index (χ4v) is 1.70. The highest BCUT2D eigenvalue weighted by molar-refractivity contribution is 5.78. The standard InChI is InChI=1S/C14H29NO6/c1-12(11-14(2,15-3)13(16)17)21-10-9-20-8-7-19-6-5-18-4/h12,15H,5-11H2,1-4H3,(H,16,17). The zero-order chi connectivity index (χ0) is 16.1. The van der Waals surface area contributed by atoms with Gasteiger partial charge >= 0.3 is 5.97 Å². The van der Waals surface area contributed by atoms with Gasteiger partial charge in [-0.2, -0.15) is 0 Å². The van der Waals surface area contributed by atoms with Crippen LogP contribution in [0.4, 0.5) is 0 Å². The molecule has 126 valence electrons. The Kier molecular flexibility index (Phi) is 11.5. The third kappa shape index (κ3) is 9.76. The number of rotatable bonds is 14. The number of aliphatic carboxylic acids is 1. The summed E-state index contributed by atoms with van der Waals surface area (Å²) in [7, 11) is 3.26. The molecule has 0 aliphatic heterocycles. The Morgan fingerprint density at radius 3 is 2.14 bits per heavy atom. The summed E-state index contributed by atoms with van der Waals surface area (Å²) in [5.41, 5.74) is -0.977. The van der Waals surface area contributed by atoms with Crippen LogP contribution in [-0.2, 0) is 23.7 Å². The zero-order valence-corrected chi connectivity index (χ0v) is 13.5. The molecule has 2 atom stereocenters. The number of carboxylic acid groups (broad SMARTS) is 1. The van der Waals surface area contributed by atoms with Crippen molar-refractivity contribution in [2.45, 2.75) is 31.9 Å². The molecule has 0 fully saturated rings. The molecule has 0 aliphatic rings. The molecule has 21 heavy (non-hydrogen) atoms. The third-order valence-corrected chi connectivity index (χ3v) is 3.15. The van der Waals surface area contributed by atoms with Crippen molar-refractivity contribution in [1.82, 2.24) is 5.32 Å². The van der Waals surface area contributed by atoms with E-state index in [4.69, 9.17) is 24.1 Å². The summed E-state index contributed by atoms with van der Waals surface area (Å²) in [6.45, 7) is 6.55. The van der Waals surface area contributed by atoms with Crippen LogP contribution in [0.15, 0.2) is 0 Å². The van der Waals surface area contributed by atoms with Crippen molar-refractivity contribution in [3.63, 3.8) is 0 Å². The molecular weight excluding hydrogens is 278 g/mol. The topological polar surface area (TPSA) is 86.3 Å². The Balaban J connectivity index is 3.58. The Bertz CT molecular complexity index is 276. The lowest BCUT2D eigenvalue weighted by atomic mass is 9.95. The minimum absolute atomic E-state index is 0.167. The van der Waals surface area contributed by atoms with Crippen LogP contribution in [0, 0.1) is 0 Å². The van der Waals surface area contributed by atoms with Crippen LogP contribution in [0.3, 0.4) is 0 Å². The molecule has 0 rings (SSSR count). The van der Waals surface area contributed by atoms with Crippen molar-refractivity contribution in [3.8, 4) is 0 Å². The molecule has 2 N–H and O–H groups in total. The van der Waals surface area contributed by atoms with Crippen molar-refractivity contribution in [3.05, 3.63) is 0 Å². The van der Waals surface area contributed by atoms with Crippen molar-refractivity contribution in [2.75, 3.05) is 53.8 Å². The van der Waals surface area contributed by atoms with Crippen LogP contribution in [0.5, 0.6) is 0 Å². The molecule has 2 unspecified atom stereocenters. The van der Waals surface area contributed by atoms with E-state index in [1.165, 1.54) is 0 Å². The van der Waals surface area contributed by atoms with Gasteiger partial charge in [0, 0.05) is 13.5 Å². The van der Waals surface area contributed by atoms with Gasteiger partial charge in [0.2, 0.25) is 0 Å². The quantitative estimate of drug-likeness (QED) is 0.453. The van der Waals surface area contributed by atoms with E-state index in [1.54, 1.807) is 21.1 Å². The second-order valence-corrected chi connectivity index (χ2v) is 4.99. The highest BCUT2D eigenvalue weighted by Crippen LogP contribution is 2.14. The molecule has 0 radical (unpaired) electrons. The third-order valence-electron chi connectivity index (χ3n) is 3.15. The second kappa shape index (κ2) is 11.9. The molecule has 0 aromatic rings. The number of nitrogens with one attached hydrogen (secondary N) is 1. The summed E-state index contributed by atoms with van der Waals surface area (Å²) in [6.07, 6.45) is 0.221. The molecule has 0 spiro atoms. The molecule has 0 saturated carbocycles. The van der Waals surface area contributed by atoms with Crippen molar-refractivity contribution in [1.29, 1.82) is 0 Å². The van der Waals surface area contributed by atoms with E-state index in [9.17, 15) is 4.79 Å². The van der Waals surface area contributed by atoms with E-state index < -0.39 is 11.5 Å². The summed E-state index contributed by atoms with van der Waals surface area (Å²) < 4.78 is 21.0. The van der Waals surface area contributed by atoms with Crippen LogP contribution in [-0.4, -0.2) is 76.5 Å². The first-order valence-electron chi connectivity index (χ1n) is 7.14. The van der Waals surface area contributed by atoms with Crippen molar-refractivity contribution in [2.24, 2.45) is 0 Å². The Labute approximate surface area is 126 Å². The predicted molar refractivity (Wildman–Crippen MR) is 78.6 cm³/mol. The summed E-state index contributed by atoms with van der Waals surface area (Å²) in [4.78, 5) is 11.1. The number of likely N-dealkylation sites (N-methyl/N-ethyl adjacent to an activating group) is 1. The molecule has 0 bridgehead atoms. The normalized spacial score (nSPS) is 15.6. The van der Waals surface area contributed by atoms with Crippen LogP contribution < -0.4 is 5.32 Å². The maximum absolute atomic E-state index is 11.1. The number of carboxylic acids is 1. The number of methoxy groups -OCH3 is 1. The average Bonchev–Trinajstić information content (AvgIpc) is 2.45. The minimum Gasteiger partial charge on any atom is -0.480 e. The van der Waals surface area contributed by atoms with Gasteiger partial charge in [-0.15, -0.1) is 0 Å². The van der Waals surface area contributed by atoms with Crippen molar-refractivity contribution < 1.29 is 28.8 Å². The first kappa shape index (κ1) is 20.3. The minimum atomic E-state index is -0.977. The van der Waals surface area contributed by atoms with Gasteiger partial charge in [-0.25, -0.2) is 0 Å². The SMILES string of the molecule is CNC(C)(CC(C)OCCOCCOCCOC)C(=O)O. The average molecular weight is 307 g/mol. The van der Waals surface area contributed by atoms with Gasteiger partial charge < -0.3 is 29.4 Å². The maximum Gasteiger partial charge on any atom is 0.323 e. The lowest BCUT2D eigenvalue weighted by Crippen LogP contribution is -2.49. The van der Waals surface area contributed by atoms with Gasteiger partial charge in [0.15, 0.2) is 0 Å². The molecule has 0 aromatic heterocycles. The highest BCUT2D eigenvalue weighted by Gasteiger charge is 2.33. The van der Waals surface area contributed by atoms with Crippen LogP contribution in [0.25, 0.3) is 0 Å². The van der Waals surface area contributed by atoms with E-state index in [-0.39, 0.29) is 6.10 Å². The van der Waals surface area contributed by atoms with Gasteiger partial charge in [-0.05, 0) is 20.9 Å². The van der Waals surface area contributed by atoms with E-state index in [0.29, 0.717) is 46.1 Å². The maximum atomic E-state index is 11.1. The molecule has 0 aromatic carbocycles. The molecule has 0 saturated heterocycles. The summed E-state index contributed by atoms with van der Waals surface area (Å²) in [5, 5.41) is 12.0. The highest BCUT2D eigenvalue weighted by atomic mass is 16.6. The Morgan fingerprint density at radius 1 is 1.14 bits per heavy atom. The van der Waals surface area contributed by atoms with E-state index >= 15 is 0 Å². The van der Waals surface area contributed by atoms with Gasteiger partial charge in [0.25, 0.3) is 0 Å². The second-order valence-electron chi connectivity index (χ2n) is 4.99. The van der Waals surface area contributed by atoms with Crippen LogP contribution in [0.2, 0.25) is 0 Å². The lowest BCUT2D eigenvalue weighted by molar-refractivity contribution is -0.145. The van der Waals surface area contributed by atoms with Crippen LogP contribution in [0.1, 0.15) is 20.3 Å². The molecule has 0 aliphatic carbocycles. The Morgan fingerprint density at radius 2 is 1.67 bits per heavy atom. The predicted octanol–water partition coefficient (Wildman–Crippen LogP) is 0.524. The summed E-state index contributed by atoms with van der Waals surface area (Å²) in [5.74, 6) is -0.884. The fraction of sp³-hybridized carbons (Fsp3) is 0.929. The monoisotopic (exact) mass is 307 g/mol. The molecule has 7 nitrogen and oxygen atoms in total. The molecule has 0 heterocycles. The zero-order valence-electron chi connectivity index (χ0n) is 13.5. The smallest absolute Gasteiger partial charge is 0.323 e. The number of hydrogen-bond donors (Lipinski definition) is 2. The first-order chi connectivity index (χ1) is 9.96. The Hall–Kier alpha value is -0.730. The lowest BCUT2D eigenvalue weighted by Gasteiger charge is -2.27.